The molecule has 144 valence electrons. The van der Waals surface area contributed by atoms with E-state index in [1.165, 1.54) is 7.11 Å². The largest absolute Gasteiger partial charge is 0.467 e. The molecule has 0 bridgehead atoms. The highest BCUT2D eigenvalue weighted by Crippen LogP contribution is 2.31. The third kappa shape index (κ3) is 4.65. The van der Waals surface area contributed by atoms with Crippen LogP contribution in [0.25, 0.3) is 0 Å². The quantitative estimate of drug-likeness (QED) is 0.708. The van der Waals surface area contributed by atoms with Crippen LogP contribution in [0.4, 0.5) is 0 Å². The molecule has 5 nitrogen and oxygen atoms in total. The molecule has 0 aliphatic heterocycles. The van der Waals surface area contributed by atoms with Gasteiger partial charge >= 0.3 is 5.97 Å². The molecule has 1 aromatic rings. The lowest BCUT2D eigenvalue weighted by atomic mass is 9.80. The van der Waals surface area contributed by atoms with E-state index in [9.17, 15) is 9.59 Å². The SMILES string of the molecule is CCc1cc(Br)cc(C)c1CC(=O)N[C@]1(C(=O)OC)CC[C@H](OC)CC1. The molecule has 0 unspecified atom stereocenters. The van der Waals surface area contributed by atoms with Crippen molar-refractivity contribution in [1.29, 1.82) is 0 Å². The Balaban J connectivity index is 2.17. The maximum absolute atomic E-state index is 12.8. The zero-order chi connectivity index (χ0) is 19.3. The van der Waals surface area contributed by atoms with E-state index in [1.807, 2.05) is 13.0 Å². The van der Waals surface area contributed by atoms with E-state index in [1.54, 1.807) is 7.11 Å². The van der Waals surface area contributed by atoms with Crippen LogP contribution in [0, 0.1) is 6.92 Å². The van der Waals surface area contributed by atoms with Crippen LogP contribution in [0.5, 0.6) is 0 Å². The molecule has 1 aliphatic rings. The molecule has 0 radical (unpaired) electrons. The smallest absolute Gasteiger partial charge is 0.331 e. The first-order valence-corrected chi connectivity index (χ1v) is 9.84. The van der Waals surface area contributed by atoms with Crippen molar-refractivity contribution < 1.29 is 19.1 Å². The Morgan fingerprint density at radius 1 is 1.27 bits per heavy atom. The zero-order valence-corrected chi connectivity index (χ0v) is 17.6. The van der Waals surface area contributed by atoms with Crippen molar-refractivity contribution in [1.82, 2.24) is 5.32 Å². The first kappa shape index (κ1) is 20.9. The fraction of sp³-hybridized carbons (Fsp3) is 0.600. The average molecular weight is 426 g/mol. The summed E-state index contributed by atoms with van der Waals surface area (Å²) in [5.41, 5.74) is 2.29. The van der Waals surface area contributed by atoms with Gasteiger partial charge in [-0.15, -0.1) is 0 Å². The number of aryl methyl sites for hydroxylation is 2. The minimum Gasteiger partial charge on any atom is -0.467 e. The number of amides is 1. The summed E-state index contributed by atoms with van der Waals surface area (Å²) in [6.45, 7) is 4.08. The number of benzene rings is 1. The molecule has 0 aromatic heterocycles. The van der Waals surface area contributed by atoms with Gasteiger partial charge in [-0.25, -0.2) is 4.79 Å². The molecular weight excluding hydrogens is 398 g/mol. The lowest BCUT2D eigenvalue weighted by Gasteiger charge is -2.38. The van der Waals surface area contributed by atoms with Crippen molar-refractivity contribution in [3.05, 3.63) is 33.3 Å². The number of hydrogen-bond acceptors (Lipinski definition) is 4. The minimum absolute atomic E-state index is 0.130. The Hall–Kier alpha value is -1.40. The number of hydrogen-bond donors (Lipinski definition) is 1. The molecule has 1 amide bonds. The van der Waals surface area contributed by atoms with Crippen molar-refractivity contribution in [3.8, 4) is 0 Å². The molecule has 0 saturated heterocycles. The number of nitrogens with one attached hydrogen (secondary N) is 1. The number of rotatable bonds is 6. The van der Waals surface area contributed by atoms with Gasteiger partial charge in [0.2, 0.25) is 5.91 Å². The summed E-state index contributed by atoms with van der Waals surface area (Å²) >= 11 is 3.51. The molecule has 1 aliphatic carbocycles. The second-order valence-corrected chi connectivity index (χ2v) is 7.86. The number of carbonyl (C=O) groups is 2. The van der Waals surface area contributed by atoms with Gasteiger partial charge < -0.3 is 14.8 Å². The van der Waals surface area contributed by atoms with Gasteiger partial charge in [-0.05, 0) is 67.9 Å². The molecule has 1 fully saturated rings. The second-order valence-electron chi connectivity index (χ2n) is 6.95. The topological polar surface area (TPSA) is 64.6 Å². The van der Waals surface area contributed by atoms with Gasteiger partial charge in [0.15, 0.2) is 0 Å². The Labute approximate surface area is 164 Å². The molecule has 0 spiro atoms. The maximum atomic E-state index is 12.8. The van der Waals surface area contributed by atoms with Crippen LogP contribution >= 0.6 is 15.9 Å². The molecule has 1 aromatic carbocycles. The van der Waals surface area contributed by atoms with Crippen molar-refractivity contribution in [2.45, 2.75) is 64.0 Å². The Bertz CT molecular complexity index is 666. The summed E-state index contributed by atoms with van der Waals surface area (Å²) < 4.78 is 11.4. The van der Waals surface area contributed by atoms with Crippen LogP contribution in [0.15, 0.2) is 16.6 Å². The van der Waals surface area contributed by atoms with Gasteiger partial charge in [0, 0.05) is 11.6 Å². The average Bonchev–Trinajstić information content (AvgIpc) is 2.63. The van der Waals surface area contributed by atoms with Gasteiger partial charge in [0.25, 0.3) is 0 Å². The Morgan fingerprint density at radius 2 is 1.92 bits per heavy atom. The highest BCUT2D eigenvalue weighted by Gasteiger charge is 2.44. The van der Waals surface area contributed by atoms with Gasteiger partial charge in [0.05, 0.1) is 19.6 Å². The normalized spacial score (nSPS) is 22.7. The molecule has 0 atom stereocenters. The first-order chi connectivity index (χ1) is 12.3. The summed E-state index contributed by atoms with van der Waals surface area (Å²) in [5.74, 6) is -0.518. The minimum atomic E-state index is -0.948. The van der Waals surface area contributed by atoms with Crippen molar-refractivity contribution >= 4 is 27.8 Å². The monoisotopic (exact) mass is 425 g/mol. The number of methoxy groups -OCH3 is 2. The fourth-order valence-electron chi connectivity index (χ4n) is 3.78. The molecule has 26 heavy (non-hydrogen) atoms. The van der Waals surface area contributed by atoms with Gasteiger partial charge in [0.1, 0.15) is 5.54 Å². The van der Waals surface area contributed by atoms with Gasteiger partial charge in [-0.3, -0.25) is 4.79 Å². The predicted molar refractivity (Wildman–Crippen MR) is 104 cm³/mol. The first-order valence-electron chi connectivity index (χ1n) is 9.05. The van der Waals surface area contributed by atoms with Crippen LogP contribution in [0.1, 0.15) is 49.3 Å². The number of esters is 1. The zero-order valence-electron chi connectivity index (χ0n) is 16.0. The molecule has 6 heteroatoms. The molecule has 1 N–H and O–H groups in total. The third-order valence-corrected chi connectivity index (χ3v) is 5.78. The van der Waals surface area contributed by atoms with Crippen LogP contribution in [0.2, 0.25) is 0 Å². The lowest BCUT2D eigenvalue weighted by molar-refractivity contribution is -0.153. The molecule has 1 saturated carbocycles. The summed E-state index contributed by atoms with van der Waals surface area (Å²) in [5, 5.41) is 2.99. The van der Waals surface area contributed by atoms with E-state index >= 15 is 0 Å². The van der Waals surface area contributed by atoms with E-state index in [2.05, 4.69) is 34.2 Å². The van der Waals surface area contributed by atoms with Gasteiger partial charge in [-0.2, -0.15) is 0 Å². The van der Waals surface area contributed by atoms with Crippen molar-refractivity contribution in [3.63, 3.8) is 0 Å². The van der Waals surface area contributed by atoms with Crippen LogP contribution in [0.3, 0.4) is 0 Å². The Morgan fingerprint density at radius 3 is 2.46 bits per heavy atom. The predicted octanol–water partition coefficient (Wildman–Crippen LogP) is 3.48. The summed E-state index contributed by atoms with van der Waals surface area (Å²) in [6.07, 6.45) is 3.75. The van der Waals surface area contributed by atoms with Crippen LogP contribution in [-0.4, -0.2) is 37.7 Å². The maximum Gasteiger partial charge on any atom is 0.331 e. The summed E-state index contributed by atoms with van der Waals surface area (Å²) in [7, 11) is 3.05. The van der Waals surface area contributed by atoms with E-state index in [4.69, 9.17) is 9.47 Å². The highest BCUT2D eigenvalue weighted by molar-refractivity contribution is 9.10. The number of ether oxygens (including phenoxy) is 2. The fourth-order valence-corrected chi connectivity index (χ4v) is 4.40. The lowest BCUT2D eigenvalue weighted by Crippen LogP contribution is -2.57. The number of carbonyl (C=O) groups excluding carboxylic acids is 2. The summed E-state index contributed by atoms with van der Waals surface area (Å²) in [4.78, 5) is 25.2. The van der Waals surface area contributed by atoms with E-state index in [0.717, 1.165) is 40.4 Å². The molecule has 2 rings (SSSR count). The molecule has 0 heterocycles. The van der Waals surface area contributed by atoms with Crippen molar-refractivity contribution in [2.24, 2.45) is 0 Å². The standard InChI is InChI=1S/C20H28BrNO4/c1-5-14-11-15(21)10-13(2)17(14)12-18(23)22-20(19(24)26-4)8-6-16(25-3)7-9-20/h10-11,16H,5-9,12H2,1-4H3,(H,22,23)/t16-,20+. The number of halogens is 1. The highest BCUT2D eigenvalue weighted by atomic mass is 79.9. The molecular formula is C20H28BrNO4. The van der Waals surface area contributed by atoms with Crippen LogP contribution in [-0.2, 0) is 31.9 Å². The van der Waals surface area contributed by atoms with Crippen molar-refractivity contribution in [2.75, 3.05) is 14.2 Å². The van der Waals surface area contributed by atoms with E-state index in [0.29, 0.717) is 12.8 Å². The van der Waals surface area contributed by atoms with E-state index in [-0.39, 0.29) is 24.4 Å². The summed E-state index contributed by atoms with van der Waals surface area (Å²) in [6, 6.07) is 4.07. The third-order valence-electron chi connectivity index (χ3n) is 5.32. The van der Waals surface area contributed by atoms with Gasteiger partial charge in [-0.1, -0.05) is 22.9 Å². The Kier molecular flexibility index (Phi) is 7.24. The second kappa shape index (κ2) is 9.00. The van der Waals surface area contributed by atoms with Crippen LogP contribution < -0.4 is 5.32 Å². The van der Waals surface area contributed by atoms with E-state index < -0.39 is 5.54 Å².